The van der Waals surface area contributed by atoms with E-state index in [2.05, 4.69) is 21.5 Å². The first-order chi connectivity index (χ1) is 29.5. The summed E-state index contributed by atoms with van der Waals surface area (Å²) in [6.07, 6.45) is 4.98. The van der Waals surface area contributed by atoms with Crippen molar-refractivity contribution in [3.8, 4) is 5.75 Å². The number of hydrogen-bond acceptors (Lipinski definition) is 12. The van der Waals surface area contributed by atoms with E-state index in [0.717, 1.165) is 24.9 Å². The van der Waals surface area contributed by atoms with Crippen LogP contribution in [0.5, 0.6) is 5.75 Å². The molecule has 1 fully saturated rings. The number of nitrogens with one attached hydrogen (secondary N) is 4. The number of benzene rings is 1. The number of piperidine rings is 1. The predicted octanol–water partition coefficient (Wildman–Crippen LogP) is 6.05. The molecule has 3 rings (SSSR count). The summed E-state index contributed by atoms with van der Waals surface area (Å²) in [4.78, 5) is 88.1. The molecule has 62 heavy (non-hydrogen) atoms. The van der Waals surface area contributed by atoms with Crippen molar-refractivity contribution in [2.24, 2.45) is 17.8 Å². The van der Waals surface area contributed by atoms with E-state index in [0.29, 0.717) is 43.5 Å². The van der Waals surface area contributed by atoms with E-state index in [1.807, 2.05) is 60.4 Å². The van der Waals surface area contributed by atoms with Gasteiger partial charge in [-0.3, -0.25) is 34.3 Å². The lowest BCUT2D eigenvalue weighted by atomic mass is 9.90. The minimum atomic E-state index is -0.832. The minimum absolute atomic E-state index is 0.0798. The molecule has 0 aliphatic carbocycles. The molecule has 0 saturated carbocycles. The number of likely N-dealkylation sites (tertiary alicyclic amines) is 1. The molecule has 1 unspecified atom stereocenters. The standard InChI is InChI=1S/C45H71N7O9S/c1-10-15-38(54)61-27-52(44(58)39(29(6)12-3)48-42(57)36-16-13-14-21-51(36)9)37(28(4)5)24-31(8)43-47-35(26-62-43)41(56)46-33(25-32-17-19-34(53)20-18-32)23-30(7)40(55)49-50-45(59)60-22-11-2/h17-20,26,28-31,33,36-37,39,53H,10-16,21-25,27H2,1-9H3,(H,46,56)(H,48,57)(H,49,55)(H,50,59)/t29-,30-,31+,33+,36+,37+,39?/m0/s1. The van der Waals surface area contributed by atoms with E-state index in [9.17, 15) is 33.9 Å². The zero-order valence-electron chi connectivity index (χ0n) is 38.2. The number of carbonyl (C=O) groups is 6. The van der Waals surface area contributed by atoms with Crippen molar-refractivity contribution in [3.05, 3.63) is 45.9 Å². The Morgan fingerprint density at radius 2 is 1.65 bits per heavy atom. The van der Waals surface area contributed by atoms with Crippen molar-refractivity contribution in [2.45, 2.75) is 150 Å². The topological polar surface area (TPSA) is 209 Å². The number of ether oxygens (including phenoxy) is 2. The van der Waals surface area contributed by atoms with Gasteiger partial charge in [0.05, 0.1) is 17.7 Å². The summed E-state index contributed by atoms with van der Waals surface area (Å²) in [6.45, 7) is 16.1. The largest absolute Gasteiger partial charge is 0.508 e. The first kappa shape index (κ1) is 51.6. The second kappa shape index (κ2) is 26.0. The number of thiazole rings is 1. The third kappa shape index (κ3) is 16.2. The van der Waals surface area contributed by atoms with Crippen LogP contribution in [0, 0.1) is 17.8 Å². The lowest BCUT2D eigenvalue weighted by Crippen LogP contribution is -2.59. The summed E-state index contributed by atoms with van der Waals surface area (Å²) in [7, 11) is 1.93. The summed E-state index contributed by atoms with van der Waals surface area (Å²) in [6, 6.07) is 4.48. The van der Waals surface area contributed by atoms with Crippen molar-refractivity contribution >= 4 is 47.0 Å². The van der Waals surface area contributed by atoms with Gasteiger partial charge in [0.2, 0.25) is 17.7 Å². The van der Waals surface area contributed by atoms with Crippen LogP contribution < -0.4 is 21.5 Å². The van der Waals surface area contributed by atoms with E-state index < -0.39 is 47.9 Å². The number of amides is 5. The number of aromatic hydroxyl groups is 1. The predicted molar refractivity (Wildman–Crippen MR) is 238 cm³/mol. The highest BCUT2D eigenvalue weighted by Gasteiger charge is 2.38. The Morgan fingerprint density at radius 1 is 0.935 bits per heavy atom. The Balaban J connectivity index is 1.83. The average Bonchev–Trinajstić information content (AvgIpc) is 3.75. The molecule has 2 heterocycles. The van der Waals surface area contributed by atoms with Gasteiger partial charge in [-0.25, -0.2) is 15.2 Å². The zero-order valence-corrected chi connectivity index (χ0v) is 39.0. The SMILES string of the molecule is CCCOC(=O)NNC(=O)[C@@H](C)C[C@H](Cc1ccc(O)cc1)NC(=O)c1csc([C@H](C)C[C@H](C(C)C)N(COC(=O)CCC)C(=O)C(NC(=O)[C@H]2CCCCN2C)[C@@H](C)CC)n1. The highest BCUT2D eigenvalue weighted by molar-refractivity contribution is 7.09. The second-order valence-corrected chi connectivity index (χ2v) is 17.9. The normalized spacial score (nSPS) is 17.1. The van der Waals surface area contributed by atoms with Gasteiger partial charge in [-0.1, -0.05) is 80.4 Å². The molecule has 1 saturated heterocycles. The van der Waals surface area contributed by atoms with Gasteiger partial charge in [0.1, 0.15) is 17.5 Å². The molecule has 1 aliphatic heterocycles. The summed E-state index contributed by atoms with van der Waals surface area (Å²) in [5.41, 5.74) is 5.64. The first-order valence-electron chi connectivity index (χ1n) is 22.2. The summed E-state index contributed by atoms with van der Waals surface area (Å²) >= 11 is 1.32. The number of hydrazine groups is 1. The highest BCUT2D eigenvalue weighted by Crippen LogP contribution is 2.30. The van der Waals surface area contributed by atoms with E-state index >= 15 is 0 Å². The summed E-state index contributed by atoms with van der Waals surface area (Å²) < 4.78 is 10.7. The van der Waals surface area contributed by atoms with Gasteiger partial charge in [0, 0.05) is 35.7 Å². The Morgan fingerprint density at radius 3 is 2.27 bits per heavy atom. The fourth-order valence-corrected chi connectivity index (χ4v) is 8.34. The number of nitrogens with zero attached hydrogens (tertiary/aromatic N) is 3. The number of carbonyl (C=O) groups excluding carboxylic acids is 6. The number of phenols is 1. The van der Waals surface area contributed by atoms with Crippen LogP contribution in [0.3, 0.4) is 0 Å². The van der Waals surface area contributed by atoms with E-state index in [-0.39, 0.29) is 73.2 Å². The van der Waals surface area contributed by atoms with Crippen LogP contribution >= 0.6 is 11.3 Å². The van der Waals surface area contributed by atoms with Crippen molar-refractivity contribution < 1.29 is 43.3 Å². The number of rotatable bonds is 23. The number of esters is 1. The smallest absolute Gasteiger partial charge is 0.426 e. The number of aromatic nitrogens is 1. The summed E-state index contributed by atoms with van der Waals surface area (Å²) in [5, 5.41) is 18.3. The van der Waals surface area contributed by atoms with Crippen LogP contribution in [0.4, 0.5) is 4.79 Å². The maximum atomic E-state index is 14.7. The molecule has 16 nitrogen and oxygen atoms in total. The molecule has 2 aromatic rings. The molecule has 17 heteroatoms. The quantitative estimate of drug-likeness (QED) is 0.0493. The monoisotopic (exact) mass is 886 g/mol. The fraction of sp³-hybridized carbons (Fsp3) is 0.667. The second-order valence-electron chi connectivity index (χ2n) is 17.0. The molecule has 0 radical (unpaired) electrons. The Hall–Kier alpha value is -4.77. The van der Waals surface area contributed by atoms with Gasteiger partial charge in [-0.15, -0.1) is 11.3 Å². The number of likely N-dealkylation sites (N-methyl/N-ethyl adjacent to an activating group) is 1. The maximum Gasteiger partial charge on any atom is 0.426 e. The van der Waals surface area contributed by atoms with Crippen LogP contribution in [-0.4, -0.2) is 107 Å². The van der Waals surface area contributed by atoms with Gasteiger partial charge in [0.25, 0.3) is 5.91 Å². The number of hydrogen-bond donors (Lipinski definition) is 5. The molecular weight excluding hydrogens is 815 g/mol. The first-order valence-corrected chi connectivity index (χ1v) is 23.1. The lowest BCUT2D eigenvalue weighted by Gasteiger charge is -2.39. The molecule has 7 atom stereocenters. The molecule has 5 amide bonds. The van der Waals surface area contributed by atoms with Crippen molar-refractivity contribution in [2.75, 3.05) is 26.9 Å². The highest BCUT2D eigenvalue weighted by atomic mass is 32.1. The van der Waals surface area contributed by atoms with Gasteiger partial charge >= 0.3 is 12.1 Å². The molecule has 0 bridgehead atoms. The Labute approximate surface area is 371 Å². The van der Waals surface area contributed by atoms with Gasteiger partial charge in [-0.2, -0.15) is 0 Å². The maximum absolute atomic E-state index is 14.7. The molecule has 1 aliphatic rings. The van der Waals surface area contributed by atoms with E-state index in [1.165, 1.54) is 11.3 Å². The molecule has 5 N–H and O–H groups in total. The lowest BCUT2D eigenvalue weighted by molar-refractivity contribution is -0.159. The average molecular weight is 886 g/mol. The molecule has 1 aromatic carbocycles. The molecule has 0 spiro atoms. The van der Waals surface area contributed by atoms with Crippen LogP contribution in [0.1, 0.15) is 140 Å². The van der Waals surface area contributed by atoms with Gasteiger partial charge < -0.3 is 30.1 Å². The minimum Gasteiger partial charge on any atom is -0.508 e. The zero-order chi connectivity index (χ0) is 45.9. The van der Waals surface area contributed by atoms with Crippen molar-refractivity contribution in [3.63, 3.8) is 0 Å². The Kier molecular flexibility index (Phi) is 21.6. The molecule has 1 aromatic heterocycles. The third-order valence-corrected chi connectivity index (χ3v) is 12.5. The molecular formula is C45H71N7O9S. The third-order valence-electron chi connectivity index (χ3n) is 11.5. The van der Waals surface area contributed by atoms with Crippen molar-refractivity contribution in [1.29, 1.82) is 0 Å². The van der Waals surface area contributed by atoms with Gasteiger partial charge in [0.15, 0.2) is 6.73 Å². The van der Waals surface area contributed by atoms with Crippen LogP contribution in [0.2, 0.25) is 0 Å². The summed E-state index contributed by atoms with van der Waals surface area (Å²) in [5.74, 6) is -2.83. The van der Waals surface area contributed by atoms with E-state index in [4.69, 9.17) is 14.5 Å². The van der Waals surface area contributed by atoms with Crippen LogP contribution in [-0.2, 0) is 35.1 Å². The Bertz CT molecular complexity index is 1760. The molecule has 346 valence electrons. The fourth-order valence-electron chi connectivity index (χ4n) is 7.47. The van der Waals surface area contributed by atoms with Crippen LogP contribution in [0.15, 0.2) is 29.6 Å². The van der Waals surface area contributed by atoms with Crippen LogP contribution in [0.25, 0.3) is 0 Å². The van der Waals surface area contributed by atoms with E-state index in [1.54, 1.807) is 41.5 Å². The number of phenolic OH excluding ortho intramolecular Hbond substituents is 1. The van der Waals surface area contributed by atoms with Gasteiger partial charge in [-0.05, 0) is 88.1 Å². The van der Waals surface area contributed by atoms with Crippen molar-refractivity contribution in [1.82, 2.24) is 36.3 Å².